The van der Waals surface area contributed by atoms with Gasteiger partial charge in [0.1, 0.15) is 5.56 Å². The number of rotatable bonds is 5. The summed E-state index contributed by atoms with van der Waals surface area (Å²) < 4.78 is 11.1. The molecule has 0 aliphatic rings. The molecular weight excluding hydrogens is 228 g/mol. The highest BCUT2D eigenvalue weighted by molar-refractivity contribution is 7.84. The maximum absolute atomic E-state index is 11.7. The fourth-order valence-electron chi connectivity index (χ4n) is 1.25. The number of anilines is 1. The van der Waals surface area contributed by atoms with E-state index in [2.05, 4.69) is 15.5 Å². The molecule has 4 N–H and O–H groups in total. The van der Waals surface area contributed by atoms with Crippen molar-refractivity contribution in [3.63, 3.8) is 0 Å². The monoisotopic (exact) mass is 244 g/mol. The van der Waals surface area contributed by atoms with E-state index in [1.54, 1.807) is 6.92 Å². The third-order valence-corrected chi connectivity index (χ3v) is 3.44. The van der Waals surface area contributed by atoms with E-state index < -0.39 is 10.8 Å². The lowest BCUT2D eigenvalue weighted by Crippen LogP contribution is -2.28. The summed E-state index contributed by atoms with van der Waals surface area (Å²) in [5.74, 6) is 0.963. The first-order valence-corrected chi connectivity index (χ1v) is 6.48. The predicted octanol–water partition coefficient (Wildman–Crippen LogP) is -0.201. The van der Waals surface area contributed by atoms with Gasteiger partial charge in [-0.3, -0.25) is 14.1 Å². The molecule has 1 heterocycles. The van der Waals surface area contributed by atoms with E-state index in [-0.39, 0.29) is 11.7 Å². The van der Waals surface area contributed by atoms with Gasteiger partial charge in [0.2, 0.25) is 0 Å². The van der Waals surface area contributed by atoms with Crippen LogP contribution >= 0.6 is 0 Å². The first kappa shape index (κ1) is 12.7. The highest BCUT2D eigenvalue weighted by Crippen LogP contribution is 2.11. The zero-order valence-electron chi connectivity index (χ0n) is 9.37. The van der Waals surface area contributed by atoms with Crippen LogP contribution < -0.4 is 11.1 Å². The van der Waals surface area contributed by atoms with Crippen LogP contribution in [0.4, 0.5) is 5.82 Å². The van der Waals surface area contributed by atoms with Gasteiger partial charge in [-0.15, -0.1) is 0 Å². The van der Waals surface area contributed by atoms with Gasteiger partial charge in [-0.2, -0.15) is 5.10 Å². The number of nitrogen functional groups attached to an aromatic ring is 1. The molecule has 0 saturated carbocycles. The number of carbonyl (C=O) groups excluding carboxylic acids is 1. The van der Waals surface area contributed by atoms with Crippen LogP contribution in [0.3, 0.4) is 0 Å². The smallest absolute Gasteiger partial charge is 0.256 e. The lowest BCUT2D eigenvalue weighted by Gasteiger charge is -2.04. The van der Waals surface area contributed by atoms with Crippen molar-refractivity contribution in [1.29, 1.82) is 0 Å². The maximum Gasteiger partial charge on any atom is 0.256 e. The van der Waals surface area contributed by atoms with E-state index in [1.165, 1.54) is 0 Å². The number of nitrogens with one attached hydrogen (secondary N) is 2. The molecule has 6 nitrogen and oxygen atoms in total. The molecule has 1 unspecified atom stereocenters. The normalized spacial score (nSPS) is 12.4. The molecule has 1 aromatic heterocycles. The van der Waals surface area contributed by atoms with Crippen LogP contribution in [0.15, 0.2) is 0 Å². The van der Waals surface area contributed by atoms with E-state index in [0.717, 1.165) is 0 Å². The van der Waals surface area contributed by atoms with Crippen molar-refractivity contribution < 1.29 is 9.00 Å². The van der Waals surface area contributed by atoms with Crippen LogP contribution in [0.2, 0.25) is 0 Å². The second-order valence-electron chi connectivity index (χ2n) is 3.30. The van der Waals surface area contributed by atoms with E-state index in [9.17, 15) is 9.00 Å². The summed E-state index contributed by atoms with van der Waals surface area (Å²) in [5.41, 5.74) is 6.53. The van der Waals surface area contributed by atoms with Crippen molar-refractivity contribution >= 4 is 22.5 Å². The topological polar surface area (TPSA) is 101 Å². The van der Waals surface area contributed by atoms with Gasteiger partial charge in [0.05, 0.1) is 0 Å². The lowest BCUT2D eigenvalue weighted by atomic mass is 10.2. The number of aromatic nitrogens is 2. The molecule has 1 atom stereocenters. The van der Waals surface area contributed by atoms with Crippen molar-refractivity contribution in [1.82, 2.24) is 15.5 Å². The molecule has 0 spiro atoms. The SMILES string of the molecule is CCS(=O)CCNC(=O)c1c(N)n[nH]c1C. The molecular formula is C9H16N4O2S. The minimum absolute atomic E-state index is 0.187. The Hall–Kier alpha value is -1.37. The molecule has 1 amide bonds. The Labute approximate surface area is 96.4 Å². The van der Waals surface area contributed by atoms with Crippen molar-refractivity contribution in [2.45, 2.75) is 13.8 Å². The lowest BCUT2D eigenvalue weighted by molar-refractivity contribution is 0.0956. The van der Waals surface area contributed by atoms with Crippen molar-refractivity contribution in [3.05, 3.63) is 11.3 Å². The zero-order chi connectivity index (χ0) is 12.1. The Morgan fingerprint density at radius 2 is 2.31 bits per heavy atom. The number of hydrogen-bond donors (Lipinski definition) is 3. The minimum atomic E-state index is -0.870. The summed E-state index contributed by atoms with van der Waals surface area (Å²) in [6, 6.07) is 0. The molecule has 0 aromatic carbocycles. The number of carbonyl (C=O) groups is 1. The molecule has 0 bridgehead atoms. The first-order chi connectivity index (χ1) is 7.56. The predicted molar refractivity (Wildman–Crippen MR) is 63.6 cm³/mol. The Morgan fingerprint density at radius 3 is 2.81 bits per heavy atom. The average molecular weight is 244 g/mol. The van der Waals surface area contributed by atoms with Gasteiger partial charge in [-0.25, -0.2) is 0 Å². The molecule has 90 valence electrons. The molecule has 7 heteroatoms. The van der Waals surface area contributed by atoms with Gasteiger partial charge in [-0.05, 0) is 6.92 Å². The average Bonchev–Trinajstić information content (AvgIpc) is 2.58. The quantitative estimate of drug-likeness (QED) is 0.667. The van der Waals surface area contributed by atoms with Gasteiger partial charge < -0.3 is 11.1 Å². The highest BCUT2D eigenvalue weighted by atomic mass is 32.2. The number of H-pyrrole nitrogens is 1. The summed E-state index contributed by atoms with van der Waals surface area (Å²) in [7, 11) is -0.870. The zero-order valence-corrected chi connectivity index (χ0v) is 10.2. The summed E-state index contributed by atoms with van der Waals surface area (Å²) >= 11 is 0. The fourth-order valence-corrected chi connectivity index (χ4v) is 1.86. The molecule has 0 radical (unpaired) electrons. The number of nitrogens with zero attached hydrogens (tertiary/aromatic N) is 1. The van der Waals surface area contributed by atoms with E-state index in [1.807, 2.05) is 6.92 Å². The maximum atomic E-state index is 11.7. The Kier molecular flexibility index (Phi) is 4.48. The highest BCUT2D eigenvalue weighted by Gasteiger charge is 2.15. The van der Waals surface area contributed by atoms with E-state index in [0.29, 0.717) is 29.3 Å². The number of hydrogen-bond acceptors (Lipinski definition) is 4. The molecule has 0 saturated heterocycles. The number of amides is 1. The van der Waals surface area contributed by atoms with Crippen LogP contribution in [-0.2, 0) is 10.8 Å². The van der Waals surface area contributed by atoms with Crippen LogP contribution in [0.1, 0.15) is 23.0 Å². The largest absolute Gasteiger partial charge is 0.382 e. The third kappa shape index (κ3) is 3.06. The first-order valence-electron chi connectivity index (χ1n) is 4.99. The Morgan fingerprint density at radius 1 is 1.62 bits per heavy atom. The second-order valence-corrected chi connectivity index (χ2v) is 5.16. The Balaban J connectivity index is 2.50. The molecule has 0 aliphatic heterocycles. The fraction of sp³-hybridized carbons (Fsp3) is 0.556. The summed E-state index contributed by atoms with van der Waals surface area (Å²) in [5, 5.41) is 9.02. The van der Waals surface area contributed by atoms with E-state index >= 15 is 0 Å². The van der Waals surface area contributed by atoms with Crippen LogP contribution in [0, 0.1) is 6.92 Å². The molecule has 0 fully saturated rings. The van der Waals surface area contributed by atoms with E-state index in [4.69, 9.17) is 5.73 Å². The van der Waals surface area contributed by atoms with Crippen molar-refractivity contribution in [2.24, 2.45) is 0 Å². The van der Waals surface area contributed by atoms with Gasteiger partial charge in [0, 0.05) is 34.5 Å². The molecule has 16 heavy (non-hydrogen) atoms. The standard InChI is InChI=1S/C9H16N4O2S/c1-3-16(15)5-4-11-9(14)7-6(2)12-13-8(7)10/h3-5H2,1-2H3,(H,11,14)(H3,10,12,13). The second kappa shape index (κ2) is 5.64. The molecule has 1 aromatic rings. The minimum Gasteiger partial charge on any atom is -0.382 e. The van der Waals surface area contributed by atoms with Gasteiger partial charge in [0.15, 0.2) is 5.82 Å². The number of nitrogens with two attached hydrogens (primary N) is 1. The van der Waals surface area contributed by atoms with Gasteiger partial charge >= 0.3 is 0 Å². The molecule has 1 rings (SSSR count). The van der Waals surface area contributed by atoms with Crippen LogP contribution in [0.25, 0.3) is 0 Å². The third-order valence-electron chi connectivity index (χ3n) is 2.14. The Bertz CT molecular complexity index is 383. The van der Waals surface area contributed by atoms with Crippen molar-refractivity contribution in [3.8, 4) is 0 Å². The van der Waals surface area contributed by atoms with Crippen LogP contribution in [0.5, 0.6) is 0 Å². The summed E-state index contributed by atoms with van der Waals surface area (Å²) in [4.78, 5) is 11.7. The van der Waals surface area contributed by atoms with Gasteiger partial charge in [-0.1, -0.05) is 6.92 Å². The number of aromatic amines is 1. The molecule has 0 aliphatic carbocycles. The summed E-state index contributed by atoms with van der Waals surface area (Å²) in [6.07, 6.45) is 0. The van der Waals surface area contributed by atoms with Gasteiger partial charge in [0.25, 0.3) is 5.91 Å². The van der Waals surface area contributed by atoms with Crippen LogP contribution in [-0.4, -0.2) is 38.4 Å². The van der Waals surface area contributed by atoms with Crippen molar-refractivity contribution in [2.75, 3.05) is 23.8 Å². The number of aryl methyl sites for hydroxylation is 1. The summed E-state index contributed by atoms with van der Waals surface area (Å²) in [6.45, 7) is 3.95.